The molecule has 0 radical (unpaired) electrons. The van der Waals surface area contributed by atoms with Crippen molar-refractivity contribution in [3.05, 3.63) is 51.2 Å². The number of nitrogens with one attached hydrogen (secondary N) is 1. The van der Waals surface area contributed by atoms with Gasteiger partial charge in [0.05, 0.1) is 25.5 Å². The maximum Gasteiger partial charge on any atom is 0.255 e. The van der Waals surface area contributed by atoms with Crippen LogP contribution < -0.4 is 15.0 Å². The molecule has 0 spiro atoms. The van der Waals surface area contributed by atoms with Gasteiger partial charge in [-0.25, -0.2) is 4.98 Å². The molecule has 6 heteroatoms. The summed E-state index contributed by atoms with van der Waals surface area (Å²) in [7, 11) is 3.31. The maximum atomic E-state index is 12.5. The summed E-state index contributed by atoms with van der Waals surface area (Å²) in [4.78, 5) is 22.4. The number of hydrogen-bond acceptors (Lipinski definition) is 5. The van der Waals surface area contributed by atoms with Crippen molar-refractivity contribution in [1.29, 1.82) is 0 Å². The van der Waals surface area contributed by atoms with Crippen LogP contribution in [-0.2, 0) is 19.5 Å². The van der Waals surface area contributed by atoms with E-state index in [1.54, 1.807) is 14.2 Å². The van der Waals surface area contributed by atoms with Gasteiger partial charge in [-0.15, -0.1) is 0 Å². The molecule has 0 bridgehead atoms. The van der Waals surface area contributed by atoms with E-state index in [1.807, 2.05) is 18.2 Å². The topological polar surface area (TPSA) is 67.5 Å². The summed E-state index contributed by atoms with van der Waals surface area (Å²) >= 11 is 0. The molecular formula is C19H23N3O3. The van der Waals surface area contributed by atoms with E-state index in [9.17, 15) is 4.79 Å². The molecule has 1 aliphatic heterocycles. The van der Waals surface area contributed by atoms with E-state index in [1.165, 1.54) is 0 Å². The molecule has 0 saturated heterocycles. The van der Waals surface area contributed by atoms with Crippen LogP contribution in [-0.4, -0.2) is 35.6 Å². The molecule has 0 amide bonds. The molecule has 1 fully saturated rings. The first-order chi connectivity index (χ1) is 12.2. The van der Waals surface area contributed by atoms with Gasteiger partial charge in [-0.3, -0.25) is 9.69 Å². The Bertz CT molecular complexity index is 842. The first-order valence-electron chi connectivity index (χ1n) is 8.73. The average Bonchev–Trinajstić information content (AvgIpc) is 3.47. The second-order valence-corrected chi connectivity index (χ2v) is 6.79. The summed E-state index contributed by atoms with van der Waals surface area (Å²) in [5, 5.41) is 0. The second kappa shape index (κ2) is 6.52. The molecule has 132 valence electrons. The van der Waals surface area contributed by atoms with Crippen LogP contribution in [0.3, 0.4) is 0 Å². The number of H-pyrrole nitrogens is 1. The zero-order valence-corrected chi connectivity index (χ0v) is 14.7. The highest BCUT2D eigenvalue weighted by atomic mass is 16.5. The van der Waals surface area contributed by atoms with E-state index < -0.39 is 0 Å². The van der Waals surface area contributed by atoms with E-state index in [-0.39, 0.29) is 5.56 Å². The Balaban J connectivity index is 1.54. The third kappa shape index (κ3) is 3.26. The van der Waals surface area contributed by atoms with Crippen LogP contribution in [0.4, 0.5) is 0 Å². The van der Waals surface area contributed by atoms with Crippen LogP contribution >= 0.6 is 0 Å². The molecule has 2 heterocycles. The number of benzene rings is 1. The number of fused-ring (bicyclic) bond motifs is 1. The first kappa shape index (κ1) is 16.1. The zero-order chi connectivity index (χ0) is 17.4. The quantitative estimate of drug-likeness (QED) is 0.903. The predicted octanol–water partition coefficient (Wildman–Crippen LogP) is 2.22. The SMILES string of the molecule is COc1ccc(CN2CCc3nc(C4CC4)[nH]c(=O)c3C2)c(OC)c1. The number of methoxy groups -OCH3 is 2. The summed E-state index contributed by atoms with van der Waals surface area (Å²) < 4.78 is 10.7. The van der Waals surface area contributed by atoms with Crippen LogP contribution in [0, 0.1) is 0 Å². The molecule has 2 aliphatic rings. The maximum absolute atomic E-state index is 12.5. The molecule has 0 unspecified atom stereocenters. The molecule has 2 aromatic rings. The highest BCUT2D eigenvalue weighted by Crippen LogP contribution is 2.38. The van der Waals surface area contributed by atoms with Gasteiger partial charge in [0.15, 0.2) is 0 Å². The minimum Gasteiger partial charge on any atom is -0.497 e. The van der Waals surface area contributed by atoms with Crippen LogP contribution in [0.2, 0.25) is 0 Å². The summed E-state index contributed by atoms with van der Waals surface area (Å²) in [5.41, 5.74) is 2.90. The van der Waals surface area contributed by atoms with Crippen molar-refractivity contribution in [3.8, 4) is 11.5 Å². The van der Waals surface area contributed by atoms with Gasteiger partial charge in [-0.1, -0.05) is 6.07 Å². The Morgan fingerprint density at radius 1 is 1.28 bits per heavy atom. The molecule has 1 saturated carbocycles. The molecule has 6 nitrogen and oxygen atoms in total. The van der Waals surface area contributed by atoms with E-state index in [0.29, 0.717) is 12.5 Å². The molecule has 1 aliphatic carbocycles. The van der Waals surface area contributed by atoms with Gasteiger partial charge in [-0.2, -0.15) is 0 Å². The fourth-order valence-corrected chi connectivity index (χ4v) is 3.41. The minimum absolute atomic E-state index is 0.0262. The number of hydrogen-bond donors (Lipinski definition) is 1. The van der Waals surface area contributed by atoms with Crippen molar-refractivity contribution in [2.24, 2.45) is 0 Å². The highest BCUT2D eigenvalue weighted by Gasteiger charge is 2.29. The fraction of sp³-hybridized carbons (Fsp3) is 0.474. The molecule has 1 aromatic heterocycles. The van der Waals surface area contributed by atoms with Crippen molar-refractivity contribution in [2.45, 2.75) is 38.3 Å². The largest absolute Gasteiger partial charge is 0.497 e. The van der Waals surface area contributed by atoms with Gasteiger partial charge in [0, 0.05) is 43.6 Å². The average molecular weight is 341 g/mol. The Morgan fingerprint density at radius 3 is 2.84 bits per heavy atom. The standard InChI is InChI=1S/C19H23N3O3/c1-24-14-6-5-13(17(9-14)25-2)10-22-8-7-16-15(11-22)19(23)21-18(20-16)12-3-4-12/h5-6,9,12H,3-4,7-8,10-11H2,1-2H3,(H,20,21,23). The summed E-state index contributed by atoms with van der Waals surface area (Å²) in [6, 6.07) is 5.85. The van der Waals surface area contributed by atoms with Crippen molar-refractivity contribution in [3.63, 3.8) is 0 Å². The molecule has 1 aromatic carbocycles. The lowest BCUT2D eigenvalue weighted by atomic mass is 10.1. The lowest BCUT2D eigenvalue weighted by Gasteiger charge is -2.28. The van der Waals surface area contributed by atoms with Gasteiger partial charge in [0.1, 0.15) is 17.3 Å². The molecular weight excluding hydrogens is 318 g/mol. The Morgan fingerprint density at radius 2 is 2.12 bits per heavy atom. The van der Waals surface area contributed by atoms with Crippen molar-refractivity contribution >= 4 is 0 Å². The van der Waals surface area contributed by atoms with E-state index in [2.05, 4.69) is 9.88 Å². The van der Waals surface area contributed by atoms with Crippen LogP contribution in [0.1, 0.15) is 41.4 Å². The minimum atomic E-state index is 0.0262. The van der Waals surface area contributed by atoms with Crippen LogP contribution in [0.25, 0.3) is 0 Å². The van der Waals surface area contributed by atoms with Crippen molar-refractivity contribution < 1.29 is 9.47 Å². The monoisotopic (exact) mass is 341 g/mol. The van der Waals surface area contributed by atoms with Crippen LogP contribution in [0.15, 0.2) is 23.0 Å². The van der Waals surface area contributed by atoms with Crippen LogP contribution in [0.5, 0.6) is 11.5 Å². The summed E-state index contributed by atoms with van der Waals surface area (Å²) in [5.74, 6) is 2.94. The molecule has 25 heavy (non-hydrogen) atoms. The number of rotatable bonds is 5. The van der Waals surface area contributed by atoms with Gasteiger partial charge >= 0.3 is 0 Å². The van der Waals surface area contributed by atoms with Crippen molar-refractivity contribution in [1.82, 2.24) is 14.9 Å². The first-order valence-corrected chi connectivity index (χ1v) is 8.73. The molecule has 4 rings (SSSR count). The lowest BCUT2D eigenvalue weighted by Crippen LogP contribution is -2.35. The Labute approximate surface area is 146 Å². The number of nitrogens with zero attached hydrogens (tertiary/aromatic N) is 2. The fourth-order valence-electron chi connectivity index (χ4n) is 3.41. The lowest BCUT2D eigenvalue weighted by molar-refractivity contribution is 0.237. The Kier molecular flexibility index (Phi) is 4.21. The third-order valence-corrected chi connectivity index (χ3v) is 5.02. The highest BCUT2D eigenvalue weighted by molar-refractivity contribution is 5.40. The predicted molar refractivity (Wildman–Crippen MR) is 94.2 cm³/mol. The Hall–Kier alpha value is -2.34. The summed E-state index contributed by atoms with van der Waals surface area (Å²) in [6.07, 6.45) is 3.10. The third-order valence-electron chi connectivity index (χ3n) is 5.02. The number of aromatic amines is 1. The zero-order valence-electron chi connectivity index (χ0n) is 14.7. The van der Waals surface area contributed by atoms with E-state index in [0.717, 1.165) is 66.5 Å². The molecule has 1 N–H and O–H groups in total. The number of ether oxygens (including phenoxy) is 2. The van der Waals surface area contributed by atoms with Gasteiger partial charge in [-0.05, 0) is 18.9 Å². The van der Waals surface area contributed by atoms with E-state index >= 15 is 0 Å². The van der Waals surface area contributed by atoms with E-state index in [4.69, 9.17) is 14.5 Å². The van der Waals surface area contributed by atoms with Gasteiger partial charge < -0.3 is 14.5 Å². The molecule has 0 atom stereocenters. The second-order valence-electron chi connectivity index (χ2n) is 6.79. The van der Waals surface area contributed by atoms with Gasteiger partial charge in [0.2, 0.25) is 0 Å². The van der Waals surface area contributed by atoms with Gasteiger partial charge in [0.25, 0.3) is 5.56 Å². The van der Waals surface area contributed by atoms with Crippen molar-refractivity contribution in [2.75, 3.05) is 20.8 Å². The number of aromatic nitrogens is 2. The smallest absolute Gasteiger partial charge is 0.255 e. The normalized spacial score (nSPS) is 17.2. The summed E-state index contributed by atoms with van der Waals surface area (Å²) in [6.45, 7) is 2.25.